The molecule has 2 N–H and O–H groups in total. The minimum Gasteiger partial charge on any atom is -0.497 e. The third-order valence-corrected chi connectivity index (χ3v) is 4.83. The van der Waals surface area contributed by atoms with Gasteiger partial charge in [-0.25, -0.2) is 0 Å². The van der Waals surface area contributed by atoms with Gasteiger partial charge in [-0.05, 0) is 41.0 Å². The summed E-state index contributed by atoms with van der Waals surface area (Å²) in [6.07, 6.45) is 0. The van der Waals surface area contributed by atoms with Crippen LogP contribution in [-0.2, 0) is 24.4 Å². The Labute approximate surface area is 152 Å². The summed E-state index contributed by atoms with van der Waals surface area (Å²) in [5, 5.41) is 6.30. The molecule has 0 saturated heterocycles. The van der Waals surface area contributed by atoms with E-state index in [1.807, 2.05) is 24.3 Å². The number of fused-ring (bicyclic) bond motifs is 1. The maximum Gasteiger partial charge on any atom is 0.230 e. The van der Waals surface area contributed by atoms with Gasteiger partial charge in [0.05, 0.1) is 12.9 Å². The van der Waals surface area contributed by atoms with Crippen LogP contribution in [0, 0.1) is 0 Å². The first kappa shape index (κ1) is 18.6. The standard InChI is InChI=1S/C18H20N2O2S.ClH/c1-22-16-4-6-17(7-5-16)23-12-18(21)20-9-13-2-3-14-10-19-11-15(14)8-13;/h2-8,19H,9-12H2,1H3,(H,20,21);1H. The fourth-order valence-electron chi connectivity index (χ4n) is 2.53. The van der Waals surface area contributed by atoms with Crippen LogP contribution >= 0.6 is 24.2 Å². The Balaban J connectivity index is 0.00000208. The molecular formula is C18H21ClN2O2S. The number of rotatable bonds is 6. The van der Waals surface area contributed by atoms with Gasteiger partial charge in [-0.1, -0.05) is 18.2 Å². The predicted molar refractivity (Wildman–Crippen MR) is 99.8 cm³/mol. The molecule has 2 aromatic rings. The Hall–Kier alpha value is -1.69. The number of amides is 1. The number of carbonyl (C=O) groups is 1. The van der Waals surface area contributed by atoms with Gasteiger partial charge < -0.3 is 15.4 Å². The topological polar surface area (TPSA) is 50.4 Å². The molecule has 2 aromatic carbocycles. The molecule has 24 heavy (non-hydrogen) atoms. The molecule has 0 saturated carbocycles. The van der Waals surface area contributed by atoms with Crippen LogP contribution < -0.4 is 15.4 Å². The molecule has 4 nitrogen and oxygen atoms in total. The molecule has 0 bridgehead atoms. The fourth-order valence-corrected chi connectivity index (χ4v) is 3.26. The van der Waals surface area contributed by atoms with E-state index >= 15 is 0 Å². The number of carbonyl (C=O) groups excluding carboxylic acids is 1. The lowest BCUT2D eigenvalue weighted by molar-refractivity contribution is -0.118. The van der Waals surface area contributed by atoms with Crippen LogP contribution in [0.15, 0.2) is 47.4 Å². The molecule has 0 unspecified atom stereocenters. The van der Waals surface area contributed by atoms with E-state index in [4.69, 9.17) is 4.74 Å². The van der Waals surface area contributed by atoms with E-state index < -0.39 is 0 Å². The second kappa shape index (κ2) is 8.97. The summed E-state index contributed by atoms with van der Waals surface area (Å²) in [5.41, 5.74) is 3.84. The van der Waals surface area contributed by atoms with Crippen LogP contribution in [-0.4, -0.2) is 18.8 Å². The first-order valence-corrected chi connectivity index (χ1v) is 8.58. The van der Waals surface area contributed by atoms with E-state index in [2.05, 4.69) is 28.8 Å². The van der Waals surface area contributed by atoms with E-state index in [0.717, 1.165) is 29.3 Å². The van der Waals surface area contributed by atoms with Gasteiger partial charge in [0.25, 0.3) is 0 Å². The summed E-state index contributed by atoms with van der Waals surface area (Å²) in [6, 6.07) is 14.1. The van der Waals surface area contributed by atoms with Gasteiger partial charge in [0, 0.05) is 24.5 Å². The SMILES string of the molecule is COc1ccc(SCC(=O)NCc2ccc3c(c2)CNC3)cc1.Cl. The number of halogens is 1. The minimum absolute atomic E-state index is 0. The number of nitrogens with one attached hydrogen (secondary N) is 2. The summed E-state index contributed by atoms with van der Waals surface area (Å²) in [4.78, 5) is 13.0. The van der Waals surface area contributed by atoms with Gasteiger partial charge in [0.1, 0.15) is 5.75 Å². The predicted octanol–water partition coefficient (Wildman–Crippen LogP) is 3.13. The van der Waals surface area contributed by atoms with Crippen molar-refractivity contribution in [3.63, 3.8) is 0 Å². The number of benzene rings is 2. The number of ether oxygens (including phenoxy) is 1. The van der Waals surface area contributed by atoms with E-state index in [1.165, 1.54) is 22.9 Å². The Morgan fingerprint density at radius 1 is 1.17 bits per heavy atom. The molecule has 1 aliphatic heterocycles. The minimum atomic E-state index is 0. The largest absolute Gasteiger partial charge is 0.497 e. The van der Waals surface area contributed by atoms with E-state index in [9.17, 15) is 4.79 Å². The lowest BCUT2D eigenvalue weighted by atomic mass is 10.1. The number of hydrogen-bond donors (Lipinski definition) is 2. The molecule has 0 radical (unpaired) electrons. The summed E-state index contributed by atoms with van der Waals surface area (Å²) < 4.78 is 5.12. The van der Waals surface area contributed by atoms with E-state index in [0.29, 0.717) is 12.3 Å². The quantitative estimate of drug-likeness (QED) is 0.773. The van der Waals surface area contributed by atoms with Crippen molar-refractivity contribution in [1.29, 1.82) is 0 Å². The Morgan fingerprint density at radius 2 is 1.92 bits per heavy atom. The van der Waals surface area contributed by atoms with Gasteiger partial charge in [0.2, 0.25) is 5.91 Å². The maximum atomic E-state index is 12.0. The van der Waals surface area contributed by atoms with Crippen LogP contribution in [0.3, 0.4) is 0 Å². The molecule has 0 fully saturated rings. The highest BCUT2D eigenvalue weighted by Crippen LogP contribution is 2.21. The second-order valence-electron chi connectivity index (χ2n) is 5.45. The smallest absolute Gasteiger partial charge is 0.230 e. The van der Waals surface area contributed by atoms with Gasteiger partial charge >= 0.3 is 0 Å². The summed E-state index contributed by atoms with van der Waals surface area (Å²) in [6.45, 7) is 2.44. The Kier molecular flexibility index (Phi) is 6.97. The first-order valence-electron chi connectivity index (χ1n) is 7.59. The zero-order valence-corrected chi connectivity index (χ0v) is 15.1. The lowest BCUT2D eigenvalue weighted by Crippen LogP contribution is -2.24. The van der Waals surface area contributed by atoms with Crippen LogP contribution in [0.2, 0.25) is 0 Å². The average Bonchev–Trinajstić information content (AvgIpc) is 3.06. The highest BCUT2D eigenvalue weighted by atomic mass is 35.5. The maximum absolute atomic E-state index is 12.0. The van der Waals surface area contributed by atoms with Crippen molar-refractivity contribution in [2.75, 3.05) is 12.9 Å². The Morgan fingerprint density at radius 3 is 2.67 bits per heavy atom. The number of methoxy groups -OCH3 is 1. The van der Waals surface area contributed by atoms with Crippen LogP contribution in [0.5, 0.6) is 5.75 Å². The molecule has 1 amide bonds. The third-order valence-electron chi connectivity index (χ3n) is 3.82. The van der Waals surface area contributed by atoms with Crippen LogP contribution in [0.25, 0.3) is 0 Å². The van der Waals surface area contributed by atoms with Crippen LogP contribution in [0.4, 0.5) is 0 Å². The molecule has 0 aliphatic carbocycles. The normalized spacial score (nSPS) is 12.2. The highest BCUT2D eigenvalue weighted by Gasteiger charge is 2.10. The monoisotopic (exact) mass is 364 g/mol. The first-order chi connectivity index (χ1) is 11.2. The number of hydrogen-bond acceptors (Lipinski definition) is 4. The molecule has 1 heterocycles. The molecule has 0 spiro atoms. The zero-order valence-electron chi connectivity index (χ0n) is 13.5. The summed E-state index contributed by atoms with van der Waals surface area (Å²) in [7, 11) is 1.64. The van der Waals surface area contributed by atoms with Crippen molar-refractivity contribution in [1.82, 2.24) is 10.6 Å². The Bertz CT molecular complexity index is 692. The zero-order chi connectivity index (χ0) is 16.1. The highest BCUT2D eigenvalue weighted by molar-refractivity contribution is 8.00. The van der Waals surface area contributed by atoms with Gasteiger partial charge in [-0.3, -0.25) is 4.79 Å². The van der Waals surface area contributed by atoms with Crippen molar-refractivity contribution in [3.05, 3.63) is 59.2 Å². The molecular weight excluding hydrogens is 344 g/mol. The molecule has 0 atom stereocenters. The molecule has 128 valence electrons. The van der Waals surface area contributed by atoms with Gasteiger partial charge in [-0.2, -0.15) is 0 Å². The van der Waals surface area contributed by atoms with E-state index in [1.54, 1.807) is 7.11 Å². The molecule has 0 aromatic heterocycles. The van der Waals surface area contributed by atoms with Crippen molar-refractivity contribution in [2.45, 2.75) is 24.5 Å². The summed E-state index contributed by atoms with van der Waals surface area (Å²) >= 11 is 1.53. The average molecular weight is 365 g/mol. The molecule has 3 rings (SSSR count). The molecule has 6 heteroatoms. The molecule has 1 aliphatic rings. The van der Waals surface area contributed by atoms with Crippen LogP contribution in [0.1, 0.15) is 16.7 Å². The van der Waals surface area contributed by atoms with Gasteiger partial charge in [0.15, 0.2) is 0 Å². The van der Waals surface area contributed by atoms with Crippen molar-refractivity contribution in [3.8, 4) is 5.75 Å². The third kappa shape index (κ3) is 4.90. The second-order valence-corrected chi connectivity index (χ2v) is 6.50. The summed E-state index contributed by atoms with van der Waals surface area (Å²) in [5.74, 6) is 1.29. The lowest BCUT2D eigenvalue weighted by Gasteiger charge is -2.07. The van der Waals surface area contributed by atoms with E-state index in [-0.39, 0.29) is 18.3 Å². The van der Waals surface area contributed by atoms with Crippen molar-refractivity contribution in [2.24, 2.45) is 0 Å². The van der Waals surface area contributed by atoms with Crippen molar-refractivity contribution < 1.29 is 9.53 Å². The van der Waals surface area contributed by atoms with Gasteiger partial charge in [-0.15, -0.1) is 24.2 Å². The fraction of sp³-hybridized carbons (Fsp3) is 0.278. The van der Waals surface area contributed by atoms with Crippen molar-refractivity contribution >= 4 is 30.1 Å². The number of thioether (sulfide) groups is 1.